The van der Waals surface area contributed by atoms with Crippen LogP contribution in [0.25, 0.3) is 0 Å². The summed E-state index contributed by atoms with van der Waals surface area (Å²) in [6, 6.07) is 27.4. The summed E-state index contributed by atoms with van der Waals surface area (Å²) >= 11 is 0. The van der Waals surface area contributed by atoms with E-state index < -0.39 is 17.9 Å². The maximum absolute atomic E-state index is 13.6. The summed E-state index contributed by atoms with van der Waals surface area (Å²) in [7, 11) is 1.33. The van der Waals surface area contributed by atoms with E-state index in [1.54, 1.807) is 29.0 Å². The number of ether oxygens (including phenoxy) is 1. The third-order valence-electron chi connectivity index (χ3n) is 5.77. The third-order valence-corrected chi connectivity index (χ3v) is 5.77. The fourth-order valence-corrected chi connectivity index (χ4v) is 4.19. The van der Waals surface area contributed by atoms with Crippen LogP contribution in [0.15, 0.2) is 112 Å². The molecule has 35 heavy (non-hydrogen) atoms. The Bertz CT molecular complexity index is 1350. The van der Waals surface area contributed by atoms with Crippen LogP contribution >= 0.6 is 0 Å². The van der Waals surface area contributed by atoms with Crippen molar-refractivity contribution in [3.63, 3.8) is 0 Å². The number of hydrogen-bond donors (Lipinski definition) is 1. The van der Waals surface area contributed by atoms with Gasteiger partial charge in [-0.15, -0.1) is 5.10 Å². The van der Waals surface area contributed by atoms with E-state index in [0.717, 1.165) is 11.3 Å². The standard InChI is InChI=1S/C27H23N5O3/c1-18-22(26(34)35-2)23(19-12-6-3-7-13-19)31-24(25(33)29-20-14-8-4-9-15-20)30-32(27(31)28-18)21-16-10-5-11-17-21/h3-17,23H,1-2H3,(H,29,33). The molecule has 2 aliphatic heterocycles. The zero-order valence-corrected chi connectivity index (χ0v) is 19.3. The Hall–Kier alpha value is -4.72. The van der Waals surface area contributed by atoms with Gasteiger partial charge in [-0.3, -0.25) is 9.69 Å². The number of guanidine groups is 1. The lowest BCUT2D eigenvalue weighted by atomic mass is 9.94. The monoisotopic (exact) mass is 465 g/mol. The van der Waals surface area contributed by atoms with Crippen molar-refractivity contribution in [1.82, 2.24) is 4.90 Å². The van der Waals surface area contributed by atoms with Gasteiger partial charge in [0, 0.05) is 5.69 Å². The molecule has 1 amide bonds. The molecule has 8 nitrogen and oxygen atoms in total. The van der Waals surface area contributed by atoms with Crippen LogP contribution < -0.4 is 10.3 Å². The fraction of sp³-hybridized carbons (Fsp3) is 0.111. The molecule has 0 aliphatic carbocycles. The molecule has 1 atom stereocenters. The number of para-hydroxylation sites is 2. The summed E-state index contributed by atoms with van der Waals surface area (Å²) in [4.78, 5) is 32.9. The average Bonchev–Trinajstić information content (AvgIpc) is 3.28. The maximum atomic E-state index is 13.6. The normalized spacial score (nSPS) is 16.9. The number of amides is 1. The van der Waals surface area contributed by atoms with Gasteiger partial charge in [-0.25, -0.2) is 9.79 Å². The van der Waals surface area contributed by atoms with Crippen molar-refractivity contribution in [2.24, 2.45) is 10.1 Å². The minimum atomic E-state index is -0.662. The van der Waals surface area contributed by atoms with Crippen LogP contribution in [0.5, 0.6) is 0 Å². The van der Waals surface area contributed by atoms with Crippen LogP contribution in [-0.2, 0) is 14.3 Å². The highest BCUT2D eigenvalue weighted by Crippen LogP contribution is 2.40. The topological polar surface area (TPSA) is 86.6 Å². The molecule has 3 aromatic rings. The van der Waals surface area contributed by atoms with Crippen molar-refractivity contribution in [2.45, 2.75) is 13.0 Å². The Kier molecular flexibility index (Phi) is 5.85. The van der Waals surface area contributed by atoms with E-state index in [-0.39, 0.29) is 5.84 Å². The molecule has 0 saturated heterocycles. The number of benzene rings is 3. The van der Waals surface area contributed by atoms with Crippen LogP contribution in [-0.4, -0.2) is 35.7 Å². The zero-order valence-electron chi connectivity index (χ0n) is 19.3. The number of amidine groups is 1. The second-order valence-corrected chi connectivity index (χ2v) is 7.98. The number of nitrogens with zero attached hydrogens (tertiary/aromatic N) is 4. The molecule has 5 rings (SSSR count). The highest BCUT2D eigenvalue weighted by atomic mass is 16.5. The van der Waals surface area contributed by atoms with E-state index in [2.05, 4.69) is 10.4 Å². The lowest BCUT2D eigenvalue weighted by molar-refractivity contribution is -0.136. The molecule has 0 radical (unpaired) electrons. The highest BCUT2D eigenvalue weighted by molar-refractivity contribution is 6.47. The van der Waals surface area contributed by atoms with Gasteiger partial charge in [0.2, 0.25) is 11.8 Å². The van der Waals surface area contributed by atoms with Gasteiger partial charge in [0.1, 0.15) is 0 Å². The van der Waals surface area contributed by atoms with E-state index in [0.29, 0.717) is 22.9 Å². The molecular weight excluding hydrogens is 442 g/mol. The van der Waals surface area contributed by atoms with Crippen molar-refractivity contribution in [3.8, 4) is 0 Å². The molecule has 8 heteroatoms. The molecule has 1 unspecified atom stereocenters. The van der Waals surface area contributed by atoms with Crippen molar-refractivity contribution in [3.05, 3.63) is 108 Å². The minimum Gasteiger partial charge on any atom is -0.466 e. The average molecular weight is 466 g/mol. The maximum Gasteiger partial charge on any atom is 0.338 e. The Morgan fingerprint density at radius 2 is 1.49 bits per heavy atom. The first-order valence-corrected chi connectivity index (χ1v) is 11.1. The van der Waals surface area contributed by atoms with Gasteiger partial charge in [0.25, 0.3) is 5.91 Å². The highest BCUT2D eigenvalue weighted by Gasteiger charge is 2.46. The summed E-state index contributed by atoms with van der Waals surface area (Å²) < 4.78 is 5.12. The first-order valence-electron chi connectivity index (χ1n) is 11.1. The van der Waals surface area contributed by atoms with Crippen LogP contribution in [0.2, 0.25) is 0 Å². The Morgan fingerprint density at radius 1 is 0.886 bits per heavy atom. The molecule has 0 saturated carbocycles. The smallest absolute Gasteiger partial charge is 0.338 e. The molecule has 174 valence electrons. The number of hydrazone groups is 1. The first kappa shape index (κ1) is 22.1. The van der Waals surface area contributed by atoms with E-state index in [4.69, 9.17) is 9.73 Å². The van der Waals surface area contributed by atoms with Gasteiger partial charge < -0.3 is 10.1 Å². The summed E-state index contributed by atoms with van der Waals surface area (Å²) in [6.07, 6.45) is 0. The van der Waals surface area contributed by atoms with E-state index in [1.807, 2.05) is 78.9 Å². The third kappa shape index (κ3) is 4.06. The number of methoxy groups -OCH3 is 1. The molecular formula is C27H23N5O3. The fourth-order valence-electron chi connectivity index (χ4n) is 4.19. The Morgan fingerprint density at radius 3 is 2.11 bits per heavy atom. The largest absolute Gasteiger partial charge is 0.466 e. The van der Waals surface area contributed by atoms with Gasteiger partial charge in [-0.05, 0) is 36.8 Å². The second kappa shape index (κ2) is 9.26. The number of nitrogens with one attached hydrogen (secondary N) is 1. The Labute approximate surface area is 202 Å². The van der Waals surface area contributed by atoms with Crippen molar-refractivity contribution in [2.75, 3.05) is 17.4 Å². The lowest BCUT2D eigenvalue weighted by Crippen LogP contribution is -2.47. The number of aliphatic imine (C=N–C) groups is 1. The summed E-state index contributed by atoms with van der Waals surface area (Å²) in [6.45, 7) is 1.76. The van der Waals surface area contributed by atoms with E-state index >= 15 is 0 Å². The number of anilines is 2. The number of hydrogen-bond acceptors (Lipinski definition) is 7. The molecule has 0 aromatic heterocycles. The molecule has 2 heterocycles. The quantitative estimate of drug-likeness (QED) is 0.567. The molecule has 0 spiro atoms. The summed E-state index contributed by atoms with van der Waals surface area (Å²) in [5.41, 5.74) is 3.01. The van der Waals surface area contributed by atoms with Crippen molar-refractivity contribution in [1.29, 1.82) is 0 Å². The van der Waals surface area contributed by atoms with Crippen molar-refractivity contribution < 1.29 is 14.3 Å². The summed E-state index contributed by atoms with van der Waals surface area (Å²) in [5, 5.41) is 9.21. The van der Waals surface area contributed by atoms with Crippen LogP contribution in [0.4, 0.5) is 11.4 Å². The molecule has 1 N–H and O–H groups in total. The molecule has 0 fully saturated rings. The van der Waals surface area contributed by atoms with Crippen LogP contribution in [0.1, 0.15) is 18.5 Å². The lowest BCUT2D eigenvalue weighted by Gasteiger charge is -2.35. The number of rotatable bonds is 5. The second-order valence-electron chi connectivity index (χ2n) is 7.98. The predicted octanol–water partition coefficient (Wildman–Crippen LogP) is 4.32. The summed E-state index contributed by atoms with van der Waals surface area (Å²) in [5.74, 6) is -0.403. The van der Waals surface area contributed by atoms with Crippen molar-refractivity contribution >= 4 is 35.0 Å². The van der Waals surface area contributed by atoms with Gasteiger partial charge in [-0.1, -0.05) is 66.7 Å². The van der Waals surface area contributed by atoms with Gasteiger partial charge in [0.05, 0.1) is 30.1 Å². The molecule has 0 bridgehead atoms. The minimum absolute atomic E-state index is 0.110. The van der Waals surface area contributed by atoms with Crippen LogP contribution in [0.3, 0.4) is 0 Å². The van der Waals surface area contributed by atoms with Gasteiger partial charge in [0.15, 0.2) is 0 Å². The zero-order chi connectivity index (χ0) is 24.4. The predicted molar refractivity (Wildman–Crippen MR) is 135 cm³/mol. The molecule has 2 aliphatic rings. The number of esters is 1. The number of fused-ring (bicyclic) bond motifs is 1. The van der Waals surface area contributed by atoms with Gasteiger partial charge >= 0.3 is 5.97 Å². The van der Waals surface area contributed by atoms with Gasteiger partial charge in [-0.2, -0.15) is 5.01 Å². The van der Waals surface area contributed by atoms with E-state index in [9.17, 15) is 9.59 Å². The molecule has 3 aromatic carbocycles. The number of carbonyl (C=O) groups excluding carboxylic acids is 2. The number of allylic oxidation sites excluding steroid dienone is 1. The number of carbonyl (C=O) groups is 2. The first-order chi connectivity index (χ1) is 17.1. The van der Waals surface area contributed by atoms with E-state index in [1.165, 1.54) is 7.11 Å². The Balaban J connectivity index is 1.67. The SMILES string of the molecule is COC(=O)C1=C(C)N=C2N(c3ccccc3)N=C(C(=O)Nc3ccccc3)N2C1c1ccccc1. The van der Waals surface area contributed by atoms with Crippen LogP contribution in [0, 0.1) is 0 Å².